The molecule has 0 atom stereocenters. The van der Waals surface area contributed by atoms with Gasteiger partial charge in [-0.2, -0.15) is 0 Å². The maximum absolute atomic E-state index is 14.5. The third-order valence-electron chi connectivity index (χ3n) is 3.57. The van der Waals surface area contributed by atoms with Crippen molar-refractivity contribution in [1.82, 2.24) is 10.3 Å². The van der Waals surface area contributed by atoms with Crippen molar-refractivity contribution in [3.8, 4) is 0 Å². The molecule has 1 amide bonds. The van der Waals surface area contributed by atoms with Gasteiger partial charge in [-0.3, -0.25) is 4.79 Å². The van der Waals surface area contributed by atoms with Crippen LogP contribution in [0.15, 0.2) is 12.1 Å². The van der Waals surface area contributed by atoms with Crippen LogP contribution in [0.3, 0.4) is 0 Å². The van der Waals surface area contributed by atoms with Crippen LogP contribution in [0.5, 0.6) is 0 Å². The van der Waals surface area contributed by atoms with E-state index in [9.17, 15) is 9.18 Å². The Kier molecular flexibility index (Phi) is 3.73. The van der Waals surface area contributed by atoms with Crippen LogP contribution in [0.1, 0.15) is 31.5 Å². The number of fused-ring (bicyclic) bond motifs is 1. The number of hydrogen-bond acceptors (Lipinski definition) is 4. The molecule has 6 heteroatoms. The number of anilines is 1. The lowest BCUT2D eigenvalue weighted by molar-refractivity contribution is 0.102. The molecule has 2 heterocycles. The molecule has 110 valence electrons. The third-order valence-corrected chi connectivity index (χ3v) is 4.64. The van der Waals surface area contributed by atoms with Gasteiger partial charge in [0, 0.05) is 6.54 Å². The first-order valence-corrected chi connectivity index (χ1v) is 7.64. The fourth-order valence-corrected chi connectivity index (χ4v) is 3.37. The molecule has 0 aliphatic carbocycles. The van der Waals surface area contributed by atoms with E-state index in [2.05, 4.69) is 15.6 Å². The standard InChI is InChI=1S/C15H16FN3OS/c1-8-14(21-9(2)18-8)15(20)19-12-4-3-10-7-17-6-5-11(10)13(12)16/h3-4,17H,5-7H2,1-2H3,(H,19,20). The lowest BCUT2D eigenvalue weighted by Crippen LogP contribution is -2.25. The molecular weight excluding hydrogens is 289 g/mol. The van der Waals surface area contributed by atoms with E-state index in [4.69, 9.17) is 0 Å². The van der Waals surface area contributed by atoms with Gasteiger partial charge in [0.2, 0.25) is 0 Å². The van der Waals surface area contributed by atoms with Crippen molar-refractivity contribution >= 4 is 22.9 Å². The third kappa shape index (κ3) is 2.69. The van der Waals surface area contributed by atoms with E-state index in [1.54, 1.807) is 13.0 Å². The second-order valence-corrected chi connectivity index (χ2v) is 6.30. The molecule has 1 aliphatic heterocycles. The smallest absolute Gasteiger partial charge is 0.267 e. The number of thiazole rings is 1. The number of aryl methyl sites for hydroxylation is 2. The van der Waals surface area contributed by atoms with Crippen LogP contribution in [0, 0.1) is 19.7 Å². The zero-order valence-electron chi connectivity index (χ0n) is 11.9. The van der Waals surface area contributed by atoms with Crippen molar-refractivity contribution in [2.75, 3.05) is 11.9 Å². The molecule has 2 aromatic rings. The average Bonchev–Trinajstić information content (AvgIpc) is 2.81. The Bertz CT molecular complexity index is 711. The first-order chi connectivity index (χ1) is 10.1. The van der Waals surface area contributed by atoms with Gasteiger partial charge < -0.3 is 10.6 Å². The van der Waals surface area contributed by atoms with Crippen LogP contribution in [0.4, 0.5) is 10.1 Å². The molecule has 3 rings (SSSR count). The van der Waals surface area contributed by atoms with Crippen molar-refractivity contribution < 1.29 is 9.18 Å². The second-order valence-electron chi connectivity index (χ2n) is 5.09. The fraction of sp³-hybridized carbons (Fsp3) is 0.333. The number of halogens is 1. The van der Waals surface area contributed by atoms with Gasteiger partial charge in [-0.1, -0.05) is 6.07 Å². The summed E-state index contributed by atoms with van der Waals surface area (Å²) in [4.78, 5) is 17.0. The Balaban J connectivity index is 1.88. The van der Waals surface area contributed by atoms with Gasteiger partial charge in [0.05, 0.1) is 16.4 Å². The molecule has 2 N–H and O–H groups in total. The Morgan fingerprint density at radius 3 is 2.95 bits per heavy atom. The lowest BCUT2D eigenvalue weighted by atomic mass is 9.99. The summed E-state index contributed by atoms with van der Waals surface area (Å²) in [6.45, 7) is 5.07. The molecule has 0 spiro atoms. The number of aromatic nitrogens is 1. The molecule has 21 heavy (non-hydrogen) atoms. The summed E-state index contributed by atoms with van der Waals surface area (Å²) in [7, 11) is 0. The van der Waals surface area contributed by atoms with Crippen LogP contribution in [-0.2, 0) is 13.0 Å². The number of amides is 1. The van der Waals surface area contributed by atoms with Gasteiger partial charge in [0.15, 0.2) is 0 Å². The summed E-state index contributed by atoms with van der Waals surface area (Å²) in [5, 5.41) is 6.70. The highest BCUT2D eigenvalue weighted by molar-refractivity contribution is 7.13. The second kappa shape index (κ2) is 5.54. The summed E-state index contributed by atoms with van der Waals surface area (Å²) < 4.78 is 14.5. The number of nitrogens with one attached hydrogen (secondary N) is 2. The number of rotatable bonds is 2. The predicted molar refractivity (Wildman–Crippen MR) is 81.4 cm³/mol. The molecule has 4 nitrogen and oxygen atoms in total. The molecule has 1 aromatic heterocycles. The van der Waals surface area contributed by atoms with Crippen molar-refractivity contribution in [2.45, 2.75) is 26.8 Å². The molecule has 1 aromatic carbocycles. The highest BCUT2D eigenvalue weighted by Crippen LogP contribution is 2.26. The first kappa shape index (κ1) is 14.2. The number of nitrogens with zero attached hydrogens (tertiary/aromatic N) is 1. The van der Waals surface area contributed by atoms with Gasteiger partial charge in [0.1, 0.15) is 10.7 Å². The maximum atomic E-state index is 14.5. The molecule has 0 unspecified atom stereocenters. The van der Waals surface area contributed by atoms with E-state index in [1.807, 2.05) is 13.0 Å². The van der Waals surface area contributed by atoms with E-state index >= 15 is 0 Å². The Morgan fingerprint density at radius 2 is 2.24 bits per heavy atom. The van der Waals surface area contributed by atoms with Crippen LogP contribution < -0.4 is 10.6 Å². The zero-order chi connectivity index (χ0) is 15.0. The van der Waals surface area contributed by atoms with Gasteiger partial charge >= 0.3 is 0 Å². The minimum absolute atomic E-state index is 0.242. The highest BCUT2D eigenvalue weighted by Gasteiger charge is 2.19. The van der Waals surface area contributed by atoms with E-state index in [1.165, 1.54) is 11.3 Å². The van der Waals surface area contributed by atoms with Crippen molar-refractivity contribution in [2.24, 2.45) is 0 Å². The Hall–Kier alpha value is -1.79. The molecule has 0 saturated heterocycles. The molecule has 0 bridgehead atoms. The van der Waals surface area contributed by atoms with Crippen LogP contribution in [0.2, 0.25) is 0 Å². The van der Waals surface area contributed by atoms with Crippen molar-refractivity contribution in [3.63, 3.8) is 0 Å². The molecular formula is C15H16FN3OS. The molecule has 0 fully saturated rings. The van der Waals surface area contributed by atoms with Gasteiger partial charge in [0.25, 0.3) is 5.91 Å². The van der Waals surface area contributed by atoms with Crippen molar-refractivity contribution in [1.29, 1.82) is 0 Å². The van der Waals surface area contributed by atoms with E-state index in [0.29, 0.717) is 29.1 Å². The average molecular weight is 305 g/mol. The first-order valence-electron chi connectivity index (χ1n) is 6.82. The van der Waals surface area contributed by atoms with Gasteiger partial charge in [-0.15, -0.1) is 11.3 Å². The highest BCUT2D eigenvalue weighted by atomic mass is 32.1. The van der Waals surface area contributed by atoms with Crippen molar-refractivity contribution in [3.05, 3.63) is 44.7 Å². The monoisotopic (exact) mass is 305 g/mol. The van der Waals surface area contributed by atoms with E-state index < -0.39 is 0 Å². The normalized spacial score (nSPS) is 13.9. The van der Waals surface area contributed by atoms with Gasteiger partial charge in [-0.25, -0.2) is 9.37 Å². The quantitative estimate of drug-likeness (QED) is 0.897. The summed E-state index contributed by atoms with van der Waals surface area (Å²) in [6.07, 6.45) is 0.642. The minimum Gasteiger partial charge on any atom is -0.319 e. The Morgan fingerprint density at radius 1 is 1.43 bits per heavy atom. The Labute approximate surface area is 126 Å². The number of carbonyl (C=O) groups is 1. The number of benzene rings is 1. The summed E-state index contributed by atoms with van der Waals surface area (Å²) in [6, 6.07) is 3.49. The minimum atomic E-state index is -0.318. The number of carbonyl (C=O) groups excluding carboxylic acids is 1. The maximum Gasteiger partial charge on any atom is 0.267 e. The molecule has 1 aliphatic rings. The fourth-order valence-electron chi connectivity index (χ4n) is 2.55. The SMILES string of the molecule is Cc1nc(C)c(C(=O)Nc2ccc3c(c2F)CCNC3)s1. The van der Waals surface area contributed by atoms with E-state index in [0.717, 1.165) is 17.1 Å². The van der Waals surface area contributed by atoms with Gasteiger partial charge in [-0.05, 0) is 44.0 Å². The molecule has 0 saturated carbocycles. The number of hydrogen-bond donors (Lipinski definition) is 2. The zero-order valence-corrected chi connectivity index (χ0v) is 12.7. The predicted octanol–water partition coefficient (Wildman–Crippen LogP) is 2.80. The lowest BCUT2D eigenvalue weighted by Gasteiger charge is -2.19. The molecule has 0 radical (unpaired) electrons. The van der Waals surface area contributed by atoms with Crippen LogP contribution in [0.25, 0.3) is 0 Å². The van der Waals surface area contributed by atoms with Crippen LogP contribution in [-0.4, -0.2) is 17.4 Å². The topological polar surface area (TPSA) is 54.0 Å². The largest absolute Gasteiger partial charge is 0.319 e. The van der Waals surface area contributed by atoms with E-state index in [-0.39, 0.29) is 17.4 Å². The van der Waals surface area contributed by atoms with Crippen LogP contribution >= 0.6 is 11.3 Å². The summed E-state index contributed by atoms with van der Waals surface area (Å²) >= 11 is 1.32. The summed E-state index contributed by atoms with van der Waals surface area (Å²) in [5.74, 6) is -0.618. The summed E-state index contributed by atoms with van der Waals surface area (Å²) in [5.41, 5.74) is 2.58.